The standard InChI is InChI=1S/C15H22N2O2/c1-12-10-13(17-7-5-16-6-8-17)2-3-15(12)19-14-4-9-18-11-14/h2-3,10,14,16H,4-9,11H2,1H3. The number of anilines is 1. The van der Waals surface area contributed by atoms with Gasteiger partial charge in [0.05, 0.1) is 13.2 Å². The highest BCUT2D eigenvalue weighted by atomic mass is 16.5. The SMILES string of the molecule is Cc1cc(N2CCNCC2)ccc1OC1CCOC1. The molecule has 0 radical (unpaired) electrons. The first kappa shape index (κ1) is 12.8. The maximum absolute atomic E-state index is 5.99. The molecule has 1 N–H and O–H groups in total. The minimum Gasteiger partial charge on any atom is -0.488 e. The molecule has 4 heteroatoms. The van der Waals surface area contributed by atoms with Crippen LogP contribution in [0, 0.1) is 6.92 Å². The molecule has 0 spiro atoms. The van der Waals surface area contributed by atoms with Crippen LogP contribution in [0.25, 0.3) is 0 Å². The Labute approximate surface area is 114 Å². The predicted octanol–water partition coefficient (Wildman–Crippen LogP) is 1.57. The normalized spacial score (nSPS) is 23.6. The Hall–Kier alpha value is -1.26. The number of hydrogen-bond donors (Lipinski definition) is 1. The molecule has 0 saturated carbocycles. The molecule has 0 amide bonds. The summed E-state index contributed by atoms with van der Waals surface area (Å²) < 4.78 is 11.3. The van der Waals surface area contributed by atoms with Crippen molar-refractivity contribution in [2.45, 2.75) is 19.4 Å². The van der Waals surface area contributed by atoms with Crippen LogP contribution in [-0.2, 0) is 4.74 Å². The molecule has 1 unspecified atom stereocenters. The Morgan fingerprint density at radius 2 is 2.16 bits per heavy atom. The molecule has 19 heavy (non-hydrogen) atoms. The highest BCUT2D eigenvalue weighted by molar-refractivity contribution is 5.53. The maximum atomic E-state index is 5.99. The van der Waals surface area contributed by atoms with Crippen molar-refractivity contribution in [2.75, 3.05) is 44.3 Å². The quantitative estimate of drug-likeness (QED) is 0.896. The van der Waals surface area contributed by atoms with E-state index >= 15 is 0 Å². The van der Waals surface area contributed by atoms with Gasteiger partial charge < -0.3 is 19.7 Å². The molecule has 0 aliphatic carbocycles. The van der Waals surface area contributed by atoms with Crippen LogP contribution in [-0.4, -0.2) is 45.5 Å². The van der Waals surface area contributed by atoms with E-state index in [-0.39, 0.29) is 6.10 Å². The molecule has 2 heterocycles. The van der Waals surface area contributed by atoms with Crippen LogP contribution in [0.2, 0.25) is 0 Å². The molecule has 2 aliphatic rings. The van der Waals surface area contributed by atoms with E-state index in [1.165, 1.54) is 11.3 Å². The second-order valence-corrected chi connectivity index (χ2v) is 5.29. The summed E-state index contributed by atoms with van der Waals surface area (Å²) in [6.45, 7) is 7.96. The number of hydrogen-bond acceptors (Lipinski definition) is 4. The molecule has 1 aromatic carbocycles. The number of ether oxygens (including phenoxy) is 2. The van der Waals surface area contributed by atoms with E-state index in [1.54, 1.807) is 0 Å². The van der Waals surface area contributed by atoms with Gasteiger partial charge in [0.25, 0.3) is 0 Å². The number of piperazine rings is 1. The second kappa shape index (κ2) is 5.80. The Bertz CT molecular complexity index is 424. The predicted molar refractivity (Wildman–Crippen MR) is 76.1 cm³/mol. The Morgan fingerprint density at radius 3 is 2.84 bits per heavy atom. The summed E-state index contributed by atoms with van der Waals surface area (Å²) >= 11 is 0. The average molecular weight is 262 g/mol. The summed E-state index contributed by atoms with van der Waals surface area (Å²) in [5, 5.41) is 3.38. The first-order valence-corrected chi connectivity index (χ1v) is 7.13. The number of nitrogens with zero attached hydrogens (tertiary/aromatic N) is 1. The topological polar surface area (TPSA) is 33.7 Å². The summed E-state index contributed by atoms with van der Waals surface area (Å²) in [4.78, 5) is 2.42. The van der Waals surface area contributed by atoms with Gasteiger partial charge in [-0.15, -0.1) is 0 Å². The Balaban J connectivity index is 1.69. The van der Waals surface area contributed by atoms with Crippen LogP contribution in [0.5, 0.6) is 5.75 Å². The van der Waals surface area contributed by atoms with Crippen molar-refractivity contribution in [1.82, 2.24) is 5.32 Å². The van der Waals surface area contributed by atoms with Crippen molar-refractivity contribution in [3.63, 3.8) is 0 Å². The van der Waals surface area contributed by atoms with Crippen molar-refractivity contribution in [3.8, 4) is 5.75 Å². The van der Waals surface area contributed by atoms with Gasteiger partial charge in [0.15, 0.2) is 0 Å². The summed E-state index contributed by atoms with van der Waals surface area (Å²) in [7, 11) is 0. The van der Waals surface area contributed by atoms with Crippen molar-refractivity contribution in [2.24, 2.45) is 0 Å². The van der Waals surface area contributed by atoms with Crippen LogP contribution >= 0.6 is 0 Å². The van der Waals surface area contributed by atoms with Gasteiger partial charge in [0.1, 0.15) is 11.9 Å². The molecule has 2 aliphatic heterocycles. The van der Waals surface area contributed by atoms with E-state index in [1.807, 2.05) is 0 Å². The van der Waals surface area contributed by atoms with Crippen LogP contribution in [0.4, 0.5) is 5.69 Å². The monoisotopic (exact) mass is 262 g/mol. The van der Waals surface area contributed by atoms with Gasteiger partial charge in [-0.1, -0.05) is 0 Å². The Kier molecular flexibility index (Phi) is 3.89. The third kappa shape index (κ3) is 3.01. The summed E-state index contributed by atoms with van der Waals surface area (Å²) in [5.74, 6) is 0.995. The highest BCUT2D eigenvalue weighted by Crippen LogP contribution is 2.26. The lowest BCUT2D eigenvalue weighted by atomic mass is 10.1. The lowest BCUT2D eigenvalue weighted by molar-refractivity contribution is 0.141. The molecule has 0 bridgehead atoms. The van der Waals surface area contributed by atoms with E-state index in [4.69, 9.17) is 9.47 Å². The highest BCUT2D eigenvalue weighted by Gasteiger charge is 2.18. The molecule has 3 rings (SSSR count). The summed E-state index contributed by atoms with van der Waals surface area (Å²) in [6.07, 6.45) is 1.22. The van der Waals surface area contributed by atoms with Crippen molar-refractivity contribution in [1.29, 1.82) is 0 Å². The van der Waals surface area contributed by atoms with E-state index in [0.717, 1.165) is 51.6 Å². The van der Waals surface area contributed by atoms with Crippen LogP contribution < -0.4 is 15.0 Å². The fraction of sp³-hybridized carbons (Fsp3) is 0.600. The zero-order valence-corrected chi connectivity index (χ0v) is 11.5. The van der Waals surface area contributed by atoms with Gasteiger partial charge in [-0.05, 0) is 30.7 Å². The van der Waals surface area contributed by atoms with Crippen molar-refractivity contribution < 1.29 is 9.47 Å². The maximum Gasteiger partial charge on any atom is 0.124 e. The lowest BCUT2D eigenvalue weighted by Gasteiger charge is -2.30. The van der Waals surface area contributed by atoms with E-state index < -0.39 is 0 Å². The molecule has 2 saturated heterocycles. The van der Waals surface area contributed by atoms with Gasteiger partial charge in [-0.2, -0.15) is 0 Å². The molecule has 0 aromatic heterocycles. The minimum absolute atomic E-state index is 0.226. The molecular weight excluding hydrogens is 240 g/mol. The average Bonchev–Trinajstić information content (AvgIpc) is 2.95. The second-order valence-electron chi connectivity index (χ2n) is 5.29. The zero-order valence-electron chi connectivity index (χ0n) is 11.5. The smallest absolute Gasteiger partial charge is 0.124 e. The third-order valence-corrected chi connectivity index (χ3v) is 3.82. The first-order valence-electron chi connectivity index (χ1n) is 7.13. The van der Waals surface area contributed by atoms with Crippen molar-refractivity contribution in [3.05, 3.63) is 23.8 Å². The van der Waals surface area contributed by atoms with Gasteiger partial charge in [-0.25, -0.2) is 0 Å². The van der Waals surface area contributed by atoms with Crippen molar-refractivity contribution >= 4 is 5.69 Å². The summed E-state index contributed by atoms with van der Waals surface area (Å²) in [5.41, 5.74) is 2.51. The van der Waals surface area contributed by atoms with Crippen LogP contribution in [0.1, 0.15) is 12.0 Å². The van der Waals surface area contributed by atoms with Gasteiger partial charge >= 0.3 is 0 Å². The number of benzene rings is 1. The molecule has 104 valence electrons. The molecule has 1 atom stereocenters. The first-order chi connectivity index (χ1) is 9.33. The molecule has 4 nitrogen and oxygen atoms in total. The largest absolute Gasteiger partial charge is 0.488 e. The van der Waals surface area contributed by atoms with Gasteiger partial charge in [-0.3, -0.25) is 0 Å². The van der Waals surface area contributed by atoms with E-state index in [9.17, 15) is 0 Å². The molecular formula is C15H22N2O2. The molecule has 1 aromatic rings. The number of nitrogens with one attached hydrogen (secondary N) is 1. The van der Waals surface area contributed by atoms with E-state index in [2.05, 4.69) is 35.3 Å². The fourth-order valence-corrected chi connectivity index (χ4v) is 2.67. The van der Waals surface area contributed by atoms with Gasteiger partial charge in [0.2, 0.25) is 0 Å². The fourth-order valence-electron chi connectivity index (χ4n) is 2.67. The lowest BCUT2D eigenvalue weighted by Crippen LogP contribution is -2.43. The minimum atomic E-state index is 0.226. The van der Waals surface area contributed by atoms with Crippen LogP contribution in [0.15, 0.2) is 18.2 Å². The van der Waals surface area contributed by atoms with Gasteiger partial charge in [0, 0.05) is 38.3 Å². The number of rotatable bonds is 3. The summed E-state index contributed by atoms with van der Waals surface area (Å²) in [6, 6.07) is 6.50. The van der Waals surface area contributed by atoms with Crippen LogP contribution in [0.3, 0.4) is 0 Å². The van der Waals surface area contributed by atoms with E-state index in [0.29, 0.717) is 0 Å². The molecule has 2 fully saturated rings. The Morgan fingerprint density at radius 1 is 1.32 bits per heavy atom. The number of aryl methyl sites for hydroxylation is 1. The zero-order chi connectivity index (χ0) is 13.1. The third-order valence-electron chi connectivity index (χ3n) is 3.82.